The minimum atomic E-state index is -0.227. The predicted octanol–water partition coefficient (Wildman–Crippen LogP) is 4.74. The van der Waals surface area contributed by atoms with E-state index in [-0.39, 0.29) is 17.6 Å². The summed E-state index contributed by atoms with van der Waals surface area (Å²) in [5.41, 5.74) is 3.74. The Morgan fingerprint density at radius 1 is 1.00 bits per heavy atom. The van der Waals surface area contributed by atoms with E-state index in [2.05, 4.69) is 5.32 Å². The lowest BCUT2D eigenvalue weighted by atomic mass is 10.0. The molecule has 4 aromatic rings. The number of benzene rings is 3. The molecule has 0 spiro atoms. The van der Waals surface area contributed by atoms with Gasteiger partial charge in [-0.15, -0.1) is 0 Å². The molecule has 0 radical (unpaired) electrons. The molecule has 0 aliphatic heterocycles. The van der Waals surface area contributed by atoms with E-state index in [1.165, 1.54) is 0 Å². The maximum Gasteiger partial charge on any atom is 0.290 e. The summed E-state index contributed by atoms with van der Waals surface area (Å²) in [4.78, 5) is 26.8. The first-order chi connectivity index (χ1) is 15.5. The van der Waals surface area contributed by atoms with Crippen molar-refractivity contribution in [3.05, 3.63) is 89.7 Å². The first kappa shape index (κ1) is 21.2. The van der Waals surface area contributed by atoms with Crippen LogP contribution in [0.15, 0.2) is 77.2 Å². The van der Waals surface area contributed by atoms with Gasteiger partial charge in [0.25, 0.3) is 11.8 Å². The Kier molecular flexibility index (Phi) is 5.94. The normalized spacial score (nSPS) is 10.7. The van der Waals surface area contributed by atoms with Gasteiger partial charge < -0.3 is 19.4 Å². The molecule has 0 fully saturated rings. The Balaban J connectivity index is 1.68. The van der Waals surface area contributed by atoms with E-state index in [0.717, 1.165) is 22.1 Å². The molecule has 162 valence electrons. The molecule has 6 nitrogen and oxygen atoms in total. The molecule has 0 aliphatic carbocycles. The number of ether oxygens (including phenoxy) is 1. The first-order valence-corrected chi connectivity index (χ1v) is 10.2. The number of fused-ring (bicyclic) bond motifs is 1. The fraction of sp³-hybridized carbons (Fsp3) is 0.154. The number of nitrogens with zero attached hydrogens (tertiary/aromatic N) is 1. The second-order valence-corrected chi connectivity index (χ2v) is 7.47. The second-order valence-electron chi connectivity index (χ2n) is 7.47. The van der Waals surface area contributed by atoms with Crippen LogP contribution in [0.4, 0.5) is 0 Å². The van der Waals surface area contributed by atoms with Gasteiger partial charge in [-0.1, -0.05) is 42.5 Å². The van der Waals surface area contributed by atoms with Crippen molar-refractivity contribution in [2.24, 2.45) is 0 Å². The Morgan fingerprint density at radius 2 is 1.72 bits per heavy atom. The van der Waals surface area contributed by atoms with Crippen molar-refractivity contribution in [3.63, 3.8) is 0 Å². The standard InChI is InChI=1S/C26H24N2O4/c1-27-25(29)19-11-9-17(10-12-19)16-28(2)26(30)24-23(18-7-5-4-6-8-18)21-14-13-20(31-3)15-22(21)32-24/h4-15H,16H2,1-3H3,(H,27,29). The van der Waals surface area contributed by atoms with Crippen molar-refractivity contribution in [2.45, 2.75) is 6.54 Å². The van der Waals surface area contributed by atoms with Crippen molar-refractivity contribution in [1.82, 2.24) is 10.2 Å². The quantitative estimate of drug-likeness (QED) is 0.482. The van der Waals surface area contributed by atoms with Crippen molar-refractivity contribution >= 4 is 22.8 Å². The van der Waals surface area contributed by atoms with Crippen LogP contribution < -0.4 is 10.1 Å². The van der Waals surface area contributed by atoms with Crippen LogP contribution in [0.1, 0.15) is 26.5 Å². The lowest BCUT2D eigenvalue weighted by Gasteiger charge is -2.17. The monoisotopic (exact) mass is 428 g/mol. The summed E-state index contributed by atoms with van der Waals surface area (Å²) in [6, 6.07) is 22.5. The molecule has 2 amide bonds. The van der Waals surface area contributed by atoms with Gasteiger partial charge in [-0.3, -0.25) is 9.59 Å². The SMILES string of the molecule is CNC(=O)c1ccc(CN(C)C(=O)c2oc3cc(OC)ccc3c2-c2ccccc2)cc1. The molecule has 1 N–H and O–H groups in total. The van der Waals surface area contributed by atoms with Crippen molar-refractivity contribution in [3.8, 4) is 16.9 Å². The van der Waals surface area contributed by atoms with Crippen LogP contribution >= 0.6 is 0 Å². The highest BCUT2D eigenvalue weighted by Crippen LogP contribution is 2.37. The number of rotatable bonds is 6. The minimum absolute atomic E-state index is 0.147. The molecule has 0 saturated carbocycles. The summed E-state index contributed by atoms with van der Waals surface area (Å²) < 4.78 is 11.4. The Morgan fingerprint density at radius 3 is 2.38 bits per heavy atom. The highest BCUT2D eigenvalue weighted by Gasteiger charge is 2.25. The third kappa shape index (κ3) is 4.07. The van der Waals surface area contributed by atoms with E-state index in [1.54, 1.807) is 44.3 Å². The third-order valence-corrected chi connectivity index (χ3v) is 5.36. The molecular weight excluding hydrogens is 404 g/mol. The average Bonchev–Trinajstić information content (AvgIpc) is 3.22. The summed E-state index contributed by atoms with van der Waals surface area (Å²) in [7, 11) is 4.92. The van der Waals surface area contributed by atoms with Crippen LogP contribution in [-0.4, -0.2) is 37.9 Å². The van der Waals surface area contributed by atoms with Gasteiger partial charge in [-0.25, -0.2) is 0 Å². The first-order valence-electron chi connectivity index (χ1n) is 10.2. The van der Waals surface area contributed by atoms with E-state index in [1.807, 2.05) is 54.6 Å². The molecule has 4 rings (SSSR count). The van der Waals surface area contributed by atoms with Gasteiger partial charge in [0, 0.05) is 43.2 Å². The molecule has 0 bridgehead atoms. The number of carbonyl (C=O) groups is 2. The average molecular weight is 428 g/mol. The molecule has 0 aliphatic rings. The van der Waals surface area contributed by atoms with Crippen LogP contribution in [-0.2, 0) is 6.54 Å². The van der Waals surface area contributed by atoms with Gasteiger partial charge in [0.05, 0.1) is 7.11 Å². The van der Waals surface area contributed by atoms with Crippen molar-refractivity contribution in [2.75, 3.05) is 21.2 Å². The molecule has 6 heteroatoms. The number of furan rings is 1. The van der Waals surface area contributed by atoms with Gasteiger partial charge in [0.15, 0.2) is 0 Å². The molecule has 1 heterocycles. The fourth-order valence-electron chi connectivity index (χ4n) is 3.67. The van der Waals surface area contributed by atoms with Crippen LogP contribution in [0, 0.1) is 0 Å². The summed E-state index contributed by atoms with van der Waals surface area (Å²) in [5, 5.41) is 3.45. The maximum absolute atomic E-state index is 13.4. The van der Waals surface area contributed by atoms with Gasteiger partial charge in [-0.2, -0.15) is 0 Å². The van der Waals surface area contributed by atoms with Crippen molar-refractivity contribution < 1.29 is 18.7 Å². The predicted molar refractivity (Wildman–Crippen MR) is 124 cm³/mol. The molecule has 0 atom stereocenters. The van der Waals surface area contributed by atoms with E-state index >= 15 is 0 Å². The molecule has 0 unspecified atom stereocenters. The summed E-state index contributed by atoms with van der Waals surface area (Å²) >= 11 is 0. The van der Waals surface area contributed by atoms with E-state index < -0.39 is 0 Å². The van der Waals surface area contributed by atoms with E-state index in [9.17, 15) is 9.59 Å². The number of nitrogens with one attached hydrogen (secondary N) is 1. The van der Waals surface area contributed by atoms with E-state index in [4.69, 9.17) is 9.15 Å². The summed E-state index contributed by atoms with van der Waals surface area (Å²) in [6.07, 6.45) is 0. The molecular formula is C26H24N2O4. The zero-order valence-corrected chi connectivity index (χ0v) is 18.2. The van der Waals surface area contributed by atoms with Crippen molar-refractivity contribution in [1.29, 1.82) is 0 Å². The number of amides is 2. The smallest absolute Gasteiger partial charge is 0.290 e. The van der Waals surface area contributed by atoms with Crippen LogP contribution in [0.25, 0.3) is 22.1 Å². The summed E-state index contributed by atoms with van der Waals surface area (Å²) in [5.74, 6) is 0.568. The highest BCUT2D eigenvalue weighted by molar-refractivity contribution is 6.08. The lowest BCUT2D eigenvalue weighted by Crippen LogP contribution is -2.26. The van der Waals surface area contributed by atoms with Gasteiger partial charge in [-0.05, 0) is 35.4 Å². The van der Waals surface area contributed by atoms with Gasteiger partial charge in [0.2, 0.25) is 5.76 Å². The molecule has 1 aromatic heterocycles. The van der Waals surface area contributed by atoms with Gasteiger partial charge >= 0.3 is 0 Å². The zero-order valence-electron chi connectivity index (χ0n) is 18.2. The fourth-order valence-corrected chi connectivity index (χ4v) is 3.67. The van der Waals surface area contributed by atoms with Crippen LogP contribution in [0.5, 0.6) is 5.75 Å². The minimum Gasteiger partial charge on any atom is -0.497 e. The number of methoxy groups -OCH3 is 1. The summed E-state index contributed by atoms with van der Waals surface area (Å²) in [6.45, 7) is 0.376. The Labute approximate surface area is 186 Å². The van der Waals surface area contributed by atoms with Crippen LogP contribution in [0.2, 0.25) is 0 Å². The number of carbonyl (C=O) groups excluding carboxylic acids is 2. The zero-order chi connectivity index (χ0) is 22.7. The number of hydrogen-bond donors (Lipinski definition) is 1. The highest BCUT2D eigenvalue weighted by atomic mass is 16.5. The second kappa shape index (κ2) is 8.98. The molecule has 32 heavy (non-hydrogen) atoms. The van der Waals surface area contributed by atoms with Gasteiger partial charge in [0.1, 0.15) is 11.3 Å². The largest absolute Gasteiger partial charge is 0.497 e. The molecule has 0 saturated heterocycles. The Bertz CT molecular complexity index is 1260. The Hall–Kier alpha value is -4.06. The maximum atomic E-state index is 13.4. The number of hydrogen-bond acceptors (Lipinski definition) is 4. The topological polar surface area (TPSA) is 71.8 Å². The third-order valence-electron chi connectivity index (χ3n) is 5.36. The van der Waals surface area contributed by atoms with Crippen LogP contribution in [0.3, 0.4) is 0 Å². The lowest BCUT2D eigenvalue weighted by molar-refractivity contribution is 0.0756. The van der Waals surface area contributed by atoms with E-state index in [0.29, 0.717) is 23.4 Å². The molecule has 3 aromatic carbocycles.